The van der Waals surface area contributed by atoms with E-state index in [0.717, 1.165) is 5.56 Å². The lowest BCUT2D eigenvalue weighted by atomic mass is 9.98. The van der Waals surface area contributed by atoms with Gasteiger partial charge in [0.2, 0.25) is 5.91 Å². The van der Waals surface area contributed by atoms with Crippen molar-refractivity contribution in [3.63, 3.8) is 0 Å². The van der Waals surface area contributed by atoms with Gasteiger partial charge in [0.1, 0.15) is 0 Å². The maximum Gasteiger partial charge on any atom is 0.226 e. The molecule has 0 aliphatic carbocycles. The fourth-order valence-corrected chi connectivity index (χ4v) is 2.26. The fourth-order valence-electron chi connectivity index (χ4n) is 2.26. The summed E-state index contributed by atoms with van der Waals surface area (Å²) in [5, 5.41) is 0. The summed E-state index contributed by atoms with van der Waals surface area (Å²) >= 11 is 0. The molecule has 0 fully saturated rings. The molecule has 1 aromatic carbocycles. The van der Waals surface area contributed by atoms with Crippen LogP contribution in [0.3, 0.4) is 0 Å². The summed E-state index contributed by atoms with van der Waals surface area (Å²) in [6.07, 6.45) is -0.506. The Morgan fingerprint density at radius 3 is 2.06 bits per heavy atom. The van der Waals surface area contributed by atoms with E-state index in [0.29, 0.717) is 0 Å². The zero-order valence-electron chi connectivity index (χ0n) is 13.1. The maximum atomic E-state index is 12.5. The summed E-state index contributed by atoms with van der Waals surface area (Å²) in [7, 11) is 0. The minimum atomic E-state index is -0.506. The highest BCUT2D eigenvalue weighted by molar-refractivity contribution is 5.79. The van der Waals surface area contributed by atoms with Crippen LogP contribution in [0.5, 0.6) is 0 Å². The molecule has 0 heterocycles. The van der Waals surface area contributed by atoms with E-state index in [2.05, 4.69) is 0 Å². The molecule has 100 valence electrons. The molecule has 0 saturated heterocycles. The smallest absolute Gasteiger partial charge is 0.226 e. The van der Waals surface area contributed by atoms with Gasteiger partial charge in [-0.1, -0.05) is 37.3 Å². The van der Waals surface area contributed by atoms with Crippen LogP contribution in [-0.4, -0.2) is 22.9 Å². The molecule has 18 heavy (non-hydrogen) atoms. The van der Waals surface area contributed by atoms with Gasteiger partial charge < -0.3 is 4.90 Å². The number of carbonyl (C=O) groups excluding carboxylic acids is 1. The van der Waals surface area contributed by atoms with Crippen LogP contribution in [0.15, 0.2) is 30.3 Å². The van der Waals surface area contributed by atoms with E-state index in [-0.39, 0.29) is 23.9 Å². The van der Waals surface area contributed by atoms with E-state index in [4.69, 9.17) is 1.37 Å². The Bertz CT molecular complexity index is 394. The third-order valence-electron chi connectivity index (χ3n) is 3.00. The van der Waals surface area contributed by atoms with Crippen LogP contribution < -0.4 is 0 Å². The van der Waals surface area contributed by atoms with E-state index >= 15 is 0 Å². The summed E-state index contributed by atoms with van der Waals surface area (Å²) in [5.41, 5.74) is 0.899. The minimum absolute atomic E-state index is 0.0638. The van der Waals surface area contributed by atoms with Crippen LogP contribution >= 0.6 is 0 Å². The van der Waals surface area contributed by atoms with Crippen molar-refractivity contribution in [2.45, 2.75) is 53.1 Å². The van der Waals surface area contributed by atoms with Crippen molar-refractivity contribution in [3.05, 3.63) is 35.9 Å². The van der Waals surface area contributed by atoms with Crippen LogP contribution in [0.25, 0.3) is 0 Å². The zero-order valence-corrected chi connectivity index (χ0v) is 12.1. The predicted molar refractivity (Wildman–Crippen MR) is 76.4 cm³/mol. The lowest BCUT2D eigenvalue weighted by Crippen LogP contribution is -2.45. The molecule has 2 nitrogen and oxygen atoms in total. The summed E-state index contributed by atoms with van der Waals surface area (Å²) in [5.74, 6) is -0.263. The van der Waals surface area contributed by atoms with Crippen LogP contribution in [0.2, 0.25) is 0 Å². The Labute approximate surface area is 112 Å². The summed E-state index contributed by atoms with van der Waals surface area (Å²) in [6, 6.07) is 9.91. The van der Waals surface area contributed by atoms with Crippen LogP contribution in [0.1, 0.15) is 41.6 Å². The van der Waals surface area contributed by atoms with E-state index in [1.54, 1.807) is 0 Å². The first-order valence-corrected chi connectivity index (χ1v) is 6.65. The highest BCUT2D eigenvalue weighted by atomic mass is 16.2. The largest absolute Gasteiger partial charge is 0.338 e. The number of amides is 1. The molecule has 0 N–H and O–H groups in total. The van der Waals surface area contributed by atoms with Gasteiger partial charge in [-0.05, 0) is 39.7 Å². The SMILES string of the molecule is [2H][C@H](c1ccccc1)[C@H](C)C(=O)N(C(C)C)C(C)C. The summed E-state index contributed by atoms with van der Waals surface area (Å²) in [4.78, 5) is 14.4. The topological polar surface area (TPSA) is 20.3 Å². The van der Waals surface area contributed by atoms with E-state index in [9.17, 15) is 4.79 Å². The molecule has 2 heteroatoms. The Morgan fingerprint density at radius 2 is 1.61 bits per heavy atom. The van der Waals surface area contributed by atoms with Crippen LogP contribution in [0, 0.1) is 5.92 Å². The van der Waals surface area contributed by atoms with Crippen molar-refractivity contribution in [2.75, 3.05) is 0 Å². The molecule has 1 aromatic rings. The van der Waals surface area contributed by atoms with Gasteiger partial charge >= 0.3 is 0 Å². The third-order valence-corrected chi connectivity index (χ3v) is 3.00. The predicted octanol–water partition coefficient (Wildman–Crippen LogP) is 3.51. The Morgan fingerprint density at radius 1 is 1.11 bits per heavy atom. The average Bonchev–Trinajstić information content (AvgIpc) is 2.37. The van der Waals surface area contributed by atoms with Gasteiger partial charge in [0.25, 0.3) is 0 Å². The molecule has 0 radical (unpaired) electrons. The second-order valence-electron chi connectivity index (χ2n) is 5.30. The lowest BCUT2D eigenvalue weighted by molar-refractivity contribution is -0.138. The van der Waals surface area contributed by atoms with Crippen LogP contribution in [0.4, 0.5) is 0 Å². The van der Waals surface area contributed by atoms with Gasteiger partial charge in [0.05, 0.1) is 0 Å². The second kappa shape index (κ2) is 6.58. The lowest BCUT2D eigenvalue weighted by Gasteiger charge is -2.33. The molecule has 0 aliphatic heterocycles. The molecule has 1 rings (SSSR count). The number of carbonyl (C=O) groups is 1. The molecule has 0 saturated carbocycles. The molecule has 0 spiro atoms. The van der Waals surface area contributed by atoms with E-state index in [1.807, 2.05) is 69.9 Å². The van der Waals surface area contributed by atoms with Crippen molar-refractivity contribution in [1.29, 1.82) is 0 Å². The van der Waals surface area contributed by atoms with Crippen molar-refractivity contribution in [2.24, 2.45) is 5.92 Å². The van der Waals surface area contributed by atoms with E-state index < -0.39 is 6.40 Å². The first kappa shape index (κ1) is 13.1. The van der Waals surface area contributed by atoms with Gasteiger partial charge in [-0.15, -0.1) is 0 Å². The van der Waals surface area contributed by atoms with Crippen molar-refractivity contribution in [3.8, 4) is 0 Å². The minimum Gasteiger partial charge on any atom is -0.338 e. The number of hydrogen-bond acceptors (Lipinski definition) is 1. The second-order valence-corrected chi connectivity index (χ2v) is 5.30. The maximum absolute atomic E-state index is 12.5. The van der Waals surface area contributed by atoms with Gasteiger partial charge in [-0.25, -0.2) is 0 Å². The standard InChI is InChI=1S/C16H25NO/c1-12(2)17(13(3)4)16(18)14(5)11-15-9-7-6-8-10-15/h6-10,12-14H,11H2,1-5H3/t14-/m0/s1/i11D/t11-,14-. The first-order chi connectivity index (χ1) is 8.86. The molecule has 2 atom stereocenters. The quantitative estimate of drug-likeness (QED) is 0.781. The van der Waals surface area contributed by atoms with Crippen LogP contribution in [-0.2, 0) is 11.2 Å². The number of nitrogens with zero attached hydrogens (tertiary/aromatic N) is 1. The van der Waals surface area contributed by atoms with Gasteiger partial charge in [0.15, 0.2) is 0 Å². The number of hydrogen-bond donors (Lipinski definition) is 0. The molecular formula is C16H25NO. The van der Waals surface area contributed by atoms with Crippen molar-refractivity contribution >= 4 is 5.91 Å². The molecule has 0 aliphatic rings. The third kappa shape index (κ3) is 3.86. The number of benzene rings is 1. The summed E-state index contributed by atoms with van der Waals surface area (Å²) in [6.45, 7) is 9.93. The summed E-state index contributed by atoms with van der Waals surface area (Å²) < 4.78 is 8.28. The fraction of sp³-hybridized carbons (Fsp3) is 0.562. The monoisotopic (exact) mass is 248 g/mol. The molecule has 0 bridgehead atoms. The molecular weight excluding hydrogens is 222 g/mol. The molecule has 0 aromatic heterocycles. The normalized spacial score (nSPS) is 15.4. The van der Waals surface area contributed by atoms with Gasteiger partial charge in [0, 0.05) is 19.4 Å². The zero-order chi connectivity index (χ0) is 14.6. The molecule has 0 unspecified atom stereocenters. The Hall–Kier alpha value is -1.31. The van der Waals surface area contributed by atoms with Crippen molar-refractivity contribution in [1.82, 2.24) is 4.90 Å². The average molecular weight is 248 g/mol. The number of rotatable bonds is 5. The van der Waals surface area contributed by atoms with E-state index in [1.165, 1.54) is 0 Å². The highest BCUT2D eigenvalue weighted by Crippen LogP contribution is 2.15. The Balaban J connectivity index is 2.87. The molecule has 1 amide bonds. The van der Waals surface area contributed by atoms with Gasteiger partial charge in [-0.2, -0.15) is 0 Å². The Kier molecular flexibility index (Phi) is 4.80. The highest BCUT2D eigenvalue weighted by Gasteiger charge is 2.24. The first-order valence-electron chi connectivity index (χ1n) is 7.23. The van der Waals surface area contributed by atoms with Gasteiger partial charge in [-0.3, -0.25) is 4.79 Å². The van der Waals surface area contributed by atoms with Crippen molar-refractivity contribution < 1.29 is 6.17 Å².